The van der Waals surface area contributed by atoms with E-state index in [4.69, 9.17) is 5.73 Å². The summed E-state index contributed by atoms with van der Waals surface area (Å²) in [5, 5.41) is 12.3. The number of carbonyl (C=O) groups is 1. The lowest BCUT2D eigenvalue weighted by atomic mass is 10.1. The summed E-state index contributed by atoms with van der Waals surface area (Å²) < 4.78 is 0. The van der Waals surface area contributed by atoms with Gasteiger partial charge in [0, 0.05) is 30.5 Å². The number of nitro benzene ring substituents is 1. The van der Waals surface area contributed by atoms with Crippen LogP contribution in [0.4, 0.5) is 11.4 Å². The molecule has 0 radical (unpaired) electrons. The van der Waals surface area contributed by atoms with E-state index in [-0.39, 0.29) is 17.6 Å². The van der Waals surface area contributed by atoms with Crippen LogP contribution in [-0.2, 0) is 4.79 Å². The minimum Gasteiger partial charge on any atom is -0.326 e. The standard InChI is InChI=1S/C14H13N3O3/c15-9-7-14(18)16(8-9)12-5-6-13(17(19)20)11-4-2-1-3-10(11)12/h1-6,9H,7-8,15H2. The van der Waals surface area contributed by atoms with Gasteiger partial charge in [0.1, 0.15) is 0 Å². The lowest BCUT2D eigenvalue weighted by Crippen LogP contribution is -2.28. The zero-order chi connectivity index (χ0) is 14.3. The SMILES string of the molecule is NC1CC(=O)N(c2ccc([N+](=O)[O-])c3ccccc23)C1. The Morgan fingerprint density at radius 1 is 1.20 bits per heavy atom. The zero-order valence-corrected chi connectivity index (χ0v) is 10.7. The maximum absolute atomic E-state index is 12.0. The topological polar surface area (TPSA) is 89.5 Å². The Kier molecular flexibility index (Phi) is 2.87. The van der Waals surface area contributed by atoms with Gasteiger partial charge in [0.25, 0.3) is 5.69 Å². The van der Waals surface area contributed by atoms with Crippen molar-refractivity contribution in [2.45, 2.75) is 12.5 Å². The van der Waals surface area contributed by atoms with Gasteiger partial charge in [-0.1, -0.05) is 18.2 Å². The third kappa shape index (κ3) is 1.90. The molecule has 0 aliphatic carbocycles. The van der Waals surface area contributed by atoms with Crippen molar-refractivity contribution in [3.05, 3.63) is 46.5 Å². The van der Waals surface area contributed by atoms with Gasteiger partial charge < -0.3 is 10.6 Å². The molecule has 1 saturated heterocycles. The van der Waals surface area contributed by atoms with E-state index in [1.165, 1.54) is 6.07 Å². The number of hydrogen-bond acceptors (Lipinski definition) is 4. The Balaban J connectivity index is 2.21. The molecule has 0 spiro atoms. The first kappa shape index (κ1) is 12.6. The summed E-state index contributed by atoms with van der Waals surface area (Å²) in [4.78, 5) is 24.2. The summed E-state index contributed by atoms with van der Waals surface area (Å²) in [7, 11) is 0. The van der Waals surface area contributed by atoms with Crippen molar-refractivity contribution in [3.63, 3.8) is 0 Å². The first-order chi connectivity index (χ1) is 9.58. The van der Waals surface area contributed by atoms with E-state index < -0.39 is 4.92 Å². The van der Waals surface area contributed by atoms with Gasteiger partial charge in [-0.3, -0.25) is 14.9 Å². The fourth-order valence-corrected chi connectivity index (χ4v) is 2.63. The van der Waals surface area contributed by atoms with Crippen LogP contribution in [0.1, 0.15) is 6.42 Å². The van der Waals surface area contributed by atoms with Crippen LogP contribution in [-0.4, -0.2) is 23.4 Å². The normalized spacial score (nSPS) is 18.8. The van der Waals surface area contributed by atoms with Crippen LogP contribution in [0.15, 0.2) is 36.4 Å². The van der Waals surface area contributed by atoms with Crippen LogP contribution in [0.2, 0.25) is 0 Å². The van der Waals surface area contributed by atoms with Gasteiger partial charge in [-0.2, -0.15) is 0 Å². The molecule has 0 aromatic heterocycles. The number of hydrogen-bond donors (Lipinski definition) is 1. The molecule has 0 saturated carbocycles. The number of carbonyl (C=O) groups excluding carboxylic acids is 1. The minimum absolute atomic E-state index is 0.0419. The first-order valence-corrected chi connectivity index (χ1v) is 6.30. The maximum atomic E-state index is 12.0. The second kappa shape index (κ2) is 4.57. The Morgan fingerprint density at radius 2 is 1.90 bits per heavy atom. The molecule has 2 aromatic carbocycles. The van der Waals surface area contributed by atoms with E-state index in [2.05, 4.69) is 0 Å². The molecule has 1 atom stereocenters. The van der Waals surface area contributed by atoms with Crippen LogP contribution in [0, 0.1) is 10.1 Å². The van der Waals surface area contributed by atoms with Gasteiger partial charge in [0.05, 0.1) is 16.0 Å². The second-order valence-corrected chi connectivity index (χ2v) is 4.88. The summed E-state index contributed by atoms with van der Waals surface area (Å²) in [5.41, 5.74) is 6.53. The van der Waals surface area contributed by atoms with Crippen molar-refractivity contribution in [1.29, 1.82) is 0 Å². The maximum Gasteiger partial charge on any atom is 0.277 e. The predicted molar refractivity (Wildman–Crippen MR) is 75.5 cm³/mol. The third-order valence-corrected chi connectivity index (χ3v) is 3.52. The number of benzene rings is 2. The first-order valence-electron chi connectivity index (χ1n) is 6.30. The van der Waals surface area contributed by atoms with Crippen molar-refractivity contribution in [2.75, 3.05) is 11.4 Å². The molecule has 6 nitrogen and oxygen atoms in total. The van der Waals surface area contributed by atoms with Crippen molar-refractivity contribution in [2.24, 2.45) is 5.73 Å². The van der Waals surface area contributed by atoms with Gasteiger partial charge in [-0.15, -0.1) is 0 Å². The van der Waals surface area contributed by atoms with Crippen molar-refractivity contribution in [1.82, 2.24) is 0 Å². The highest BCUT2D eigenvalue weighted by Gasteiger charge is 2.29. The van der Waals surface area contributed by atoms with Crippen molar-refractivity contribution < 1.29 is 9.72 Å². The van der Waals surface area contributed by atoms with E-state index in [0.29, 0.717) is 29.4 Å². The number of nitro groups is 1. The Hall–Kier alpha value is -2.47. The van der Waals surface area contributed by atoms with E-state index in [1.807, 2.05) is 0 Å². The van der Waals surface area contributed by atoms with Crippen LogP contribution in [0.5, 0.6) is 0 Å². The van der Waals surface area contributed by atoms with Gasteiger partial charge >= 0.3 is 0 Å². The average Bonchev–Trinajstić information content (AvgIpc) is 2.76. The predicted octanol–water partition coefficient (Wildman–Crippen LogP) is 1.81. The molecular weight excluding hydrogens is 258 g/mol. The van der Waals surface area contributed by atoms with Crippen LogP contribution >= 0.6 is 0 Å². The van der Waals surface area contributed by atoms with Gasteiger partial charge in [0.2, 0.25) is 5.91 Å². The Morgan fingerprint density at radius 3 is 2.50 bits per heavy atom. The lowest BCUT2D eigenvalue weighted by molar-refractivity contribution is -0.383. The highest BCUT2D eigenvalue weighted by Crippen LogP contribution is 2.34. The summed E-state index contributed by atoms with van der Waals surface area (Å²) in [6, 6.07) is 9.90. The van der Waals surface area contributed by atoms with Crippen LogP contribution < -0.4 is 10.6 Å². The summed E-state index contributed by atoms with van der Waals surface area (Å²) in [5.74, 6) is -0.0449. The average molecular weight is 271 g/mol. The van der Waals surface area contributed by atoms with Crippen LogP contribution in [0.3, 0.4) is 0 Å². The van der Waals surface area contributed by atoms with Gasteiger partial charge in [-0.25, -0.2) is 0 Å². The number of nitrogens with zero attached hydrogens (tertiary/aromatic N) is 2. The van der Waals surface area contributed by atoms with E-state index in [1.54, 1.807) is 35.2 Å². The fourth-order valence-electron chi connectivity index (χ4n) is 2.63. The highest BCUT2D eigenvalue weighted by atomic mass is 16.6. The molecule has 6 heteroatoms. The molecule has 0 bridgehead atoms. The molecule has 20 heavy (non-hydrogen) atoms. The molecular formula is C14H13N3O3. The molecule has 2 aromatic rings. The van der Waals surface area contributed by atoms with Gasteiger partial charge in [0.15, 0.2) is 0 Å². The molecule has 1 fully saturated rings. The molecule has 1 amide bonds. The molecule has 2 N–H and O–H groups in total. The molecule has 1 unspecified atom stereocenters. The Bertz CT molecular complexity index is 714. The van der Waals surface area contributed by atoms with Crippen LogP contribution in [0.25, 0.3) is 10.8 Å². The molecule has 102 valence electrons. The fraction of sp³-hybridized carbons (Fsp3) is 0.214. The Labute approximate surface area is 114 Å². The number of anilines is 1. The minimum atomic E-state index is -0.413. The smallest absolute Gasteiger partial charge is 0.277 e. The van der Waals surface area contributed by atoms with E-state index in [9.17, 15) is 14.9 Å². The number of rotatable bonds is 2. The van der Waals surface area contributed by atoms with E-state index >= 15 is 0 Å². The van der Waals surface area contributed by atoms with Gasteiger partial charge in [-0.05, 0) is 12.1 Å². The second-order valence-electron chi connectivity index (χ2n) is 4.88. The number of fused-ring (bicyclic) bond motifs is 1. The number of amides is 1. The highest BCUT2D eigenvalue weighted by molar-refractivity contribution is 6.07. The molecule has 1 aliphatic heterocycles. The largest absolute Gasteiger partial charge is 0.326 e. The third-order valence-electron chi connectivity index (χ3n) is 3.52. The zero-order valence-electron chi connectivity index (χ0n) is 10.7. The van der Waals surface area contributed by atoms with E-state index in [0.717, 1.165) is 0 Å². The number of nitrogens with two attached hydrogens (primary N) is 1. The monoisotopic (exact) mass is 271 g/mol. The number of non-ortho nitro benzene ring substituents is 1. The lowest BCUT2D eigenvalue weighted by Gasteiger charge is -2.18. The summed E-state index contributed by atoms with van der Waals surface area (Å²) in [6.45, 7) is 0.445. The van der Waals surface area contributed by atoms with Crippen molar-refractivity contribution in [3.8, 4) is 0 Å². The summed E-state index contributed by atoms with van der Waals surface area (Å²) in [6.07, 6.45) is 0.311. The summed E-state index contributed by atoms with van der Waals surface area (Å²) >= 11 is 0. The quantitative estimate of drug-likeness (QED) is 0.666. The molecule has 1 aliphatic rings. The molecule has 3 rings (SSSR count). The molecule has 1 heterocycles. The van der Waals surface area contributed by atoms with Crippen molar-refractivity contribution >= 4 is 28.1 Å².